The quantitative estimate of drug-likeness (QED) is 0.892. The molecule has 1 aromatic carbocycles. The first kappa shape index (κ1) is 16.5. The number of nitrogens with zero attached hydrogens (tertiary/aromatic N) is 1. The molecular weight excluding hydrogens is 318 g/mol. The molecule has 1 aliphatic rings. The normalized spacial score (nSPS) is 24.0. The van der Waals surface area contributed by atoms with Gasteiger partial charge in [0.25, 0.3) is 0 Å². The minimum absolute atomic E-state index is 0.0961. The third kappa shape index (κ3) is 3.32. The second-order valence-electron chi connectivity index (χ2n) is 4.86. The lowest BCUT2D eigenvalue weighted by molar-refractivity contribution is -0.0516. The van der Waals surface area contributed by atoms with Crippen LogP contribution in [0.2, 0.25) is 5.02 Å². The summed E-state index contributed by atoms with van der Waals surface area (Å²) >= 11 is 5.99. The van der Waals surface area contributed by atoms with Crippen LogP contribution in [0.25, 0.3) is 0 Å². The summed E-state index contributed by atoms with van der Waals surface area (Å²) in [5, 5.41) is 9.39. The molecule has 0 bridgehead atoms. The molecule has 2 rings (SSSR count). The maximum absolute atomic E-state index is 12.7. The van der Waals surface area contributed by atoms with Crippen molar-refractivity contribution in [3.63, 3.8) is 0 Å². The average molecular weight is 336 g/mol. The van der Waals surface area contributed by atoms with Crippen LogP contribution < -0.4 is 4.74 Å². The smallest absolute Gasteiger partial charge is 0.243 e. The molecule has 8 heteroatoms. The Hall–Kier alpha value is -0.860. The minimum Gasteiger partial charge on any atom is -0.495 e. The number of hydrogen-bond acceptors (Lipinski definition) is 5. The van der Waals surface area contributed by atoms with Crippen LogP contribution in [-0.4, -0.2) is 56.8 Å². The van der Waals surface area contributed by atoms with Gasteiger partial charge in [-0.2, -0.15) is 4.31 Å². The monoisotopic (exact) mass is 335 g/mol. The Bertz CT molecular complexity index is 607. The van der Waals surface area contributed by atoms with Gasteiger partial charge in [-0.05, 0) is 25.1 Å². The van der Waals surface area contributed by atoms with Gasteiger partial charge in [-0.1, -0.05) is 11.6 Å². The molecule has 1 heterocycles. The highest BCUT2D eigenvalue weighted by molar-refractivity contribution is 7.89. The number of aliphatic hydroxyl groups excluding tert-OH is 1. The fourth-order valence-electron chi connectivity index (χ4n) is 2.18. The number of benzene rings is 1. The second-order valence-corrected chi connectivity index (χ2v) is 7.16. The van der Waals surface area contributed by atoms with E-state index in [1.807, 2.05) is 0 Å². The predicted molar refractivity (Wildman–Crippen MR) is 78.2 cm³/mol. The van der Waals surface area contributed by atoms with E-state index in [4.69, 9.17) is 26.2 Å². The summed E-state index contributed by atoms with van der Waals surface area (Å²) in [7, 11) is -2.24. The molecule has 0 aliphatic carbocycles. The Morgan fingerprint density at radius 2 is 2.24 bits per heavy atom. The summed E-state index contributed by atoms with van der Waals surface area (Å²) < 4.78 is 37.1. The largest absolute Gasteiger partial charge is 0.495 e. The Labute approximate surface area is 129 Å². The third-order valence-electron chi connectivity index (χ3n) is 3.38. The van der Waals surface area contributed by atoms with Gasteiger partial charge >= 0.3 is 0 Å². The maximum Gasteiger partial charge on any atom is 0.243 e. The number of morpholine rings is 1. The number of sulfonamides is 1. The van der Waals surface area contributed by atoms with Crippen molar-refractivity contribution in [3.8, 4) is 5.75 Å². The molecule has 21 heavy (non-hydrogen) atoms. The zero-order valence-electron chi connectivity index (χ0n) is 11.8. The predicted octanol–water partition coefficient (Wildman–Crippen LogP) is 1.12. The lowest BCUT2D eigenvalue weighted by atomic mass is 10.2. The summed E-state index contributed by atoms with van der Waals surface area (Å²) in [6.45, 7) is 1.90. The third-order valence-corrected chi connectivity index (χ3v) is 5.65. The van der Waals surface area contributed by atoms with E-state index in [2.05, 4.69) is 0 Å². The van der Waals surface area contributed by atoms with E-state index in [1.54, 1.807) is 6.92 Å². The molecule has 0 saturated carbocycles. The molecule has 2 unspecified atom stereocenters. The number of ether oxygens (including phenoxy) is 2. The molecule has 0 amide bonds. The summed E-state index contributed by atoms with van der Waals surface area (Å²) in [6.07, 6.45) is -0.510. The first-order valence-corrected chi connectivity index (χ1v) is 8.29. The van der Waals surface area contributed by atoms with Crippen LogP contribution in [0.15, 0.2) is 23.1 Å². The van der Waals surface area contributed by atoms with E-state index >= 15 is 0 Å². The summed E-state index contributed by atoms with van der Waals surface area (Å²) in [6, 6.07) is 4.03. The van der Waals surface area contributed by atoms with E-state index in [-0.39, 0.29) is 35.7 Å². The van der Waals surface area contributed by atoms with Crippen LogP contribution in [0, 0.1) is 0 Å². The lowest BCUT2D eigenvalue weighted by Gasteiger charge is -2.36. The number of aliphatic hydroxyl groups is 1. The molecule has 118 valence electrons. The molecule has 1 aromatic rings. The number of halogens is 1. The van der Waals surface area contributed by atoms with Gasteiger partial charge in [0.05, 0.1) is 36.3 Å². The van der Waals surface area contributed by atoms with Gasteiger partial charge in [-0.3, -0.25) is 0 Å². The van der Waals surface area contributed by atoms with Crippen molar-refractivity contribution >= 4 is 21.6 Å². The van der Waals surface area contributed by atoms with Crippen LogP contribution in [0.1, 0.15) is 6.92 Å². The Morgan fingerprint density at radius 1 is 1.52 bits per heavy atom. The number of hydrogen-bond donors (Lipinski definition) is 1. The average Bonchev–Trinajstić information content (AvgIpc) is 2.47. The molecule has 1 saturated heterocycles. The van der Waals surface area contributed by atoms with E-state index in [1.165, 1.54) is 29.6 Å². The van der Waals surface area contributed by atoms with Crippen molar-refractivity contribution in [3.05, 3.63) is 23.2 Å². The van der Waals surface area contributed by atoms with Gasteiger partial charge in [-0.15, -0.1) is 0 Å². The van der Waals surface area contributed by atoms with Crippen LogP contribution in [0.3, 0.4) is 0 Å². The number of rotatable bonds is 4. The number of methoxy groups -OCH3 is 1. The Kier molecular flexibility index (Phi) is 5.11. The molecule has 2 atom stereocenters. The van der Waals surface area contributed by atoms with Crippen LogP contribution in [-0.2, 0) is 14.8 Å². The lowest BCUT2D eigenvalue weighted by Crippen LogP contribution is -2.51. The molecule has 6 nitrogen and oxygen atoms in total. The Morgan fingerprint density at radius 3 is 2.81 bits per heavy atom. The van der Waals surface area contributed by atoms with Gasteiger partial charge in [0.15, 0.2) is 0 Å². The SMILES string of the molecule is COc1ccc(S(=O)(=O)N2CC(CO)OCC2C)cc1Cl. The maximum atomic E-state index is 12.7. The van der Waals surface area contributed by atoms with Gasteiger partial charge in [0.1, 0.15) is 5.75 Å². The van der Waals surface area contributed by atoms with Gasteiger partial charge < -0.3 is 14.6 Å². The van der Waals surface area contributed by atoms with Crippen molar-refractivity contribution in [2.45, 2.75) is 24.0 Å². The van der Waals surface area contributed by atoms with E-state index < -0.39 is 16.1 Å². The molecule has 0 spiro atoms. The van der Waals surface area contributed by atoms with Crippen LogP contribution >= 0.6 is 11.6 Å². The first-order valence-electron chi connectivity index (χ1n) is 6.48. The van der Waals surface area contributed by atoms with Crippen molar-refractivity contribution in [1.29, 1.82) is 0 Å². The standard InChI is InChI=1S/C13H18ClNO5S/c1-9-8-20-10(7-16)6-15(9)21(17,18)11-3-4-13(19-2)12(14)5-11/h3-5,9-10,16H,6-8H2,1-2H3. The molecule has 1 N–H and O–H groups in total. The molecule has 0 aromatic heterocycles. The van der Waals surface area contributed by atoms with Crippen LogP contribution in [0.4, 0.5) is 0 Å². The van der Waals surface area contributed by atoms with E-state index in [0.717, 1.165) is 0 Å². The topological polar surface area (TPSA) is 76.1 Å². The Balaban J connectivity index is 2.34. The highest BCUT2D eigenvalue weighted by atomic mass is 35.5. The summed E-state index contributed by atoms with van der Waals surface area (Å²) in [5.74, 6) is 0.416. The first-order chi connectivity index (χ1) is 9.90. The van der Waals surface area contributed by atoms with E-state index in [9.17, 15) is 8.42 Å². The van der Waals surface area contributed by atoms with Gasteiger partial charge in [-0.25, -0.2) is 8.42 Å². The fraction of sp³-hybridized carbons (Fsp3) is 0.538. The zero-order valence-corrected chi connectivity index (χ0v) is 13.4. The van der Waals surface area contributed by atoms with Crippen molar-refractivity contribution in [2.24, 2.45) is 0 Å². The highest BCUT2D eigenvalue weighted by Gasteiger charge is 2.35. The van der Waals surface area contributed by atoms with Gasteiger partial charge in [0.2, 0.25) is 10.0 Å². The molecule has 1 aliphatic heterocycles. The van der Waals surface area contributed by atoms with Gasteiger partial charge in [0, 0.05) is 12.6 Å². The molecule has 1 fully saturated rings. The molecule has 0 radical (unpaired) electrons. The second kappa shape index (κ2) is 6.50. The fourth-order valence-corrected chi connectivity index (χ4v) is 4.18. The van der Waals surface area contributed by atoms with Crippen molar-refractivity contribution in [1.82, 2.24) is 4.31 Å². The molecular formula is C13H18ClNO5S. The summed E-state index contributed by atoms with van der Waals surface area (Å²) in [4.78, 5) is 0.0961. The zero-order chi connectivity index (χ0) is 15.6. The summed E-state index contributed by atoms with van der Waals surface area (Å²) in [5.41, 5.74) is 0. The minimum atomic E-state index is -3.70. The highest BCUT2D eigenvalue weighted by Crippen LogP contribution is 2.30. The van der Waals surface area contributed by atoms with Crippen molar-refractivity contribution in [2.75, 3.05) is 26.9 Å². The van der Waals surface area contributed by atoms with Crippen molar-refractivity contribution < 1.29 is 23.0 Å². The van der Waals surface area contributed by atoms with Crippen LogP contribution in [0.5, 0.6) is 5.75 Å². The van der Waals surface area contributed by atoms with E-state index in [0.29, 0.717) is 5.75 Å².